The first-order valence-corrected chi connectivity index (χ1v) is 24.7. The van der Waals surface area contributed by atoms with E-state index < -0.39 is 18.4 Å². The summed E-state index contributed by atoms with van der Waals surface area (Å²) >= 11 is -3.63. The summed E-state index contributed by atoms with van der Waals surface area (Å²) in [5.74, 6) is 3.77. The summed E-state index contributed by atoms with van der Waals surface area (Å²) < 4.78 is 1.31. The monoisotopic (exact) mass is 869 g/mol. The number of halogens is 1. The summed E-state index contributed by atoms with van der Waals surface area (Å²) in [6.45, 7) is 12.3. The fraction of sp³-hybridized carbons (Fsp3) is 0.224. The van der Waals surface area contributed by atoms with E-state index in [0.29, 0.717) is 0 Å². The zero-order valence-corrected chi connectivity index (χ0v) is 35.3. The van der Waals surface area contributed by atoms with E-state index in [1.165, 1.54) is 28.2 Å². The average molecular weight is 870 g/mol. The molecular weight excluding hydrogens is 827 g/mol. The van der Waals surface area contributed by atoms with E-state index in [4.69, 9.17) is 19.9 Å². The Morgan fingerprint density at radius 3 is 1.71 bits per heavy atom. The number of allylic oxidation sites excluding steroid dienone is 3. The second kappa shape index (κ2) is 10.8. The fourth-order valence-electron chi connectivity index (χ4n) is 11.3. The number of fused-ring (bicyclic) bond motifs is 18. The van der Waals surface area contributed by atoms with E-state index in [2.05, 4.69) is 194 Å². The molecule has 58 heavy (non-hydrogen) atoms. The Labute approximate surface area is 342 Å². The van der Waals surface area contributed by atoms with Gasteiger partial charge in [0.1, 0.15) is 0 Å². The van der Waals surface area contributed by atoms with Crippen LogP contribution in [0.15, 0.2) is 149 Å². The van der Waals surface area contributed by atoms with Crippen molar-refractivity contribution in [1.29, 1.82) is 0 Å². The van der Waals surface area contributed by atoms with Crippen LogP contribution in [-0.2, 0) is 3.42 Å². The van der Waals surface area contributed by atoms with Gasteiger partial charge in [-0.05, 0) is 0 Å². The van der Waals surface area contributed by atoms with Crippen LogP contribution in [0.5, 0.6) is 0 Å². The fourth-order valence-corrected chi connectivity index (χ4v) is 31.6. The zero-order chi connectivity index (χ0) is 38.9. The summed E-state index contributed by atoms with van der Waals surface area (Å²) in [6.07, 6.45) is 5.84. The molecule has 7 heterocycles. The van der Waals surface area contributed by atoms with Crippen LogP contribution in [0.1, 0.15) is 45.2 Å². The van der Waals surface area contributed by atoms with Gasteiger partial charge in [-0.3, -0.25) is 0 Å². The Kier molecular flexibility index (Phi) is 6.19. The van der Waals surface area contributed by atoms with Crippen molar-refractivity contribution < 1.29 is 18.4 Å². The number of nitrogens with zero attached hydrogens (tertiary/aromatic N) is 8. The minimum absolute atomic E-state index is 0.00219. The number of alkyl halides is 3. The molecule has 1 fully saturated rings. The first kappa shape index (κ1) is 33.2. The van der Waals surface area contributed by atoms with Crippen LogP contribution >= 0.6 is 0 Å². The van der Waals surface area contributed by atoms with Crippen LogP contribution in [0.25, 0.3) is 22.1 Å². The van der Waals surface area contributed by atoms with Crippen molar-refractivity contribution in [1.82, 2.24) is 19.9 Å². The maximum atomic E-state index is 5.55. The summed E-state index contributed by atoms with van der Waals surface area (Å²) in [6, 6.07) is 46.0. The Morgan fingerprint density at radius 2 is 1.07 bits per heavy atom. The van der Waals surface area contributed by atoms with Gasteiger partial charge in [0.2, 0.25) is 0 Å². The van der Waals surface area contributed by atoms with Crippen LogP contribution < -0.4 is 38.0 Å². The Bertz CT molecular complexity index is 3020. The van der Waals surface area contributed by atoms with Crippen molar-refractivity contribution in [3.05, 3.63) is 160 Å². The molecule has 8 nitrogen and oxygen atoms in total. The van der Waals surface area contributed by atoms with Gasteiger partial charge in [-0.2, -0.15) is 0 Å². The second-order valence-electron chi connectivity index (χ2n) is 17.5. The van der Waals surface area contributed by atoms with Crippen molar-refractivity contribution in [2.75, 3.05) is 19.6 Å². The standard InChI is InChI=1S/C49H42IN8/c1-30-23-25-32(26-24-30)56-42-44(54-38-21-13-11-19-36(38)52-42)58-40-27-28-47(2,3)29-34(40)50(46(56)58)48(4)33-17-9-14-22-39(33)57-43-41(51-35-18-10-12-20-37(35)53-43)55(45(57)49(48,50)5)31-15-7-6-8-16-31/h6-28,45-46H,29H2,1-5H3/q-1. The second-order valence-corrected chi connectivity index (χ2v) is 27.9. The molecule has 5 unspecified atom stereocenters. The number of aromatic nitrogens is 4. The summed E-state index contributed by atoms with van der Waals surface area (Å²) in [4.78, 5) is 32.6. The summed E-state index contributed by atoms with van der Waals surface area (Å²) in [5, 5.41) is 0. The number of anilines is 7. The molecule has 286 valence electrons. The van der Waals surface area contributed by atoms with Gasteiger partial charge >= 0.3 is 344 Å². The third-order valence-corrected chi connectivity index (χ3v) is 29.5. The minimum atomic E-state index is -3.63. The van der Waals surface area contributed by atoms with Gasteiger partial charge in [0.15, 0.2) is 0 Å². The molecule has 0 N–H and O–H groups in total. The van der Waals surface area contributed by atoms with Gasteiger partial charge in [-0.25, -0.2) is 0 Å². The third kappa shape index (κ3) is 3.70. The third-order valence-electron chi connectivity index (χ3n) is 14.0. The van der Waals surface area contributed by atoms with Gasteiger partial charge in [-0.15, -0.1) is 0 Å². The molecule has 9 heteroatoms. The van der Waals surface area contributed by atoms with Crippen molar-refractivity contribution >= 4 is 62.4 Å². The molecule has 13 rings (SSSR count). The molecule has 1 saturated heterocycles. The molecular formula is C49H42IN8-. The van der Waals surface area contributed by atoms with E-state index in [1.54, 1.807) is 3.58 Å². The molecule has 6 aliphatic rings. The van der Waals surface area contributed by atoms with Crippen LogP contribution in [-0.4, -0.2) is 33.7 Å². The zero-order valence-electron chi connectivity index (χ0n) is 33.1. The van der Waals surface area contributed by atoms with Crippen LogP contribution in [0, 0.1) is 12.3 Å². The van der Waals surface area contributed by atoms with E-state index in [0.717, 1.165) is 57.4 Å². The Hall–Kier alpha value is -5.81. The van der Waals surface area contributed by atoms with Crippen molar-refractivity contribution in [2.45, 2.75) is 58.2 Å². The first-order valence-electron chi connectivity index (χ1n) is 20.3. The van der Waals surface area contributed by atoms with Crippen LogP contribution in [0.2, 0.25) is 0 Å². The molecule has 1 spiro atoms. The van der Waals surface area contributed by atoms with Gasteiger partial charge < -0.3 is 0 Å². The number of rotatable bonds is 2. The van der Waals surface area contributed by atoms with Crippen molar-refractivity contribution in [3.63, 3.8) is 0 Å². The number of hydrogen-bond acceptors (Lipinski definition) is 8. The molecule has 1 aliphatic carbocycles. The molecule has 0 saturated carbocycles. The molecule has 5 aliphatic heterocycles. The number of para-hydroxylation sites is 6. The van der Waals surface area contributed by atoms with Crippen molar-refractivity contribution in [2.24, 2.45) is 5.41 Å². The molecule has 7 aromatic rings. The number of benzene rings is 5. The Balaban J connectivity index is 1.15. The van der Waals surface area contributed by atoms with E-state index in [9.17, 15) is 0 Å². The molecule has 2 aromatic heterocycles. The van der Waals surface area contributed by atoms with Gasteiger partial charge in [-0.1, -0.05) is 0 Å². The summed E-state index contributed by atoms with van der Waals surface area (Å²) in [7, 11) is 0. The number of hydrogen-bond donors (Lipinski definition) is 0. The topological polar surface area (TPSA) is 64.5 Å². The summed E-state index contributed by atoms with van der Waals surface area (Å²) in [5.41, 5.74) is 11.2. The quantitative estimate of drug-likeness (QED) is 0.0992. The first-order chi connectivity index (χ1) is 28.2. The molecule has 5 aromatic carbocycles. The molecule has 5 atom stereocenters. The SMILES string of the molecule is Cc1ccc(N2c3nc4ccccc4nc3N3C4=C(CC(C)(C)C=C4)[I-]4(C32)C2(C)c3ccccc3N3c5nc6ccccc6nc5N(c5ccccc5)C3C24C)cc1. The van der Waals surface area contributed by atoms with Crippen LogP contribution in [0.4, 0.5) is 40.3 Å². The molecule has 0 radical (unpaired) electrons. The van der Waals surface area contributed by atoms with E-state index >= 15 is 0 Å². The molecule has 0 bridgehead atoms. The van der Waals surface area contributed by atoms with Gasteiger partial charge in [0.25, 0.3) is 0 Å². The van der Waals surface area contributed by atoms with Gasteiger partial charge in [0.05, 0.1) is 0 Å². The van der Waals surface area contributed by atoms with Gasteiger partial charge in [0, 0.05) is 0 Å². The Morgan fingerprint density at radius 1 is 0.552 bits per heavy atom. The van der Waals surface area contributed by atoms with E-state index in [1.807, 2.05) is 0 Å². The predicted molar refractivity (Wildman–Crippen MR) is 230 cm³/mol. The normalized spacial score (nSPS) is 28.8. The number of aryl methyl sites for hydroxylation is 1. The van der Waals surface area contributed by atoms with Crippen LogP contribution in [0.3, 0.4) is 0 Å². The predicted octanol–water partition coefficient (Wildman–Crippen LogP) is 7.81. The van der Waals surface area contributed by atoms with Crippen molar-refractivity contribution in [3.8, 4) is 0 Å². The average Bonchev–Trinajstić information content (AvgIpc) is 3.57. The van der Waals surface area contributed by atoms with E-state index in [-0.39, 0.29) is 22.6 Å². The molecule has 0 amide bonds. The maximum absolute atomic E-state index is 5.55.